The molecule has 0 saturated heterocycles. The van der Waals surface area contributed by atoms with Gasteiger partial charge in [-0.25, -0.2) is 8.42 Å². The molecule has 0 radical (unpaired) electrons. The maximum atomic E-state index is 12.8. The number of benzene rings is 1. The number of aromatic nitrogens is 1. The van der Waals surface area contributed by atoms with E-state index in [1.165, 1.54) is 20.1 Å². The number of methoxy groups -OCH3 is 1. The molecule has 23 heavy (non-hydrogen) atoms. The number of hydrogen-bond acceptors (Lipinski definition) is 5. The molecule has 124 valence electrons. The summed E-state index contributed by atoms with van der Waals surface area (Å²) in [5.74, 6) is -0.822. The van der Waals surface area contributed by atoms with E-state index in [1.54, 1.807) is 24.4 Å². The highest BCUT2D eigenvalue weighted by Crippen LogP contribution is 2.25. The topological polar surface area (TPSA) is 111 Å². The number of nitrogens with zero attached hydrogens (tertiary/aromatic N) is 1. The van der Waals surface area contributed by atoms with E-state index < -0.39 is 21.5 Å². The molecule has 0 saturated carbocycles. The monoisotopic (exact) mass is 337 g/mol. The molecule has 0 unspecified atom stereocenters. The molecular weight excluding hydrogens is 318 g/mol. The van der Waals surface area contributed by atoms with Crippen molar-refractivity contribution in [2.24, 2.45) is 5.73 Å². The SMILES string of the molecule is COC[C@@](C)(NS(=O)(=O)c1ccc(C)c2ncccc12)C(N)=O. The minimum absolute atomic E-state index is 0.0368. The van der Waals surface area contributed by atoms with Gasteiger partial charge in [-0.15, -0.1) is 0 Å². The van der Waals surface area contributed by atoms with Crippen molar-refractivity contribution in [2.45, 2.75) is 24.3 Å². The van der Waals surface area contributed by atoms with Crippen LogP contribution in [0.3, 0.4) is 0 Å². The summed E-state index contributed by atoms with van der Waals surface area (Å²) in [5.41, 5.74) is 5.21. The summed E-state index contributed by atoms with van der Waals surface area (Å²) in [5, 5.41) is 0.476. The van der Waals surface area contributed by atoms with Gasteiger partial charge in [0.25, 0.3) is 0 Å². The average molecular weight is 337 g/mol. The molecule has 2 aromatic rings. The van der Waals surface area contributed by atoms with Crippen molar-refractivity contribution < 1.29 is 17.9 Å². The van der Waals surface area contributed by atoms with Crippen LogP contribution in [0.15, 0.2) is 35.4 Å². The lowest BCUT2D eigenvalue weighted by Crippen LogP contribution is -2.58. The van der Waals surface area contributed by atoms with Gasteiger partial charge in [-0.3, -0.25) is 9.78 Å². The van der Waals surface area contributed by atoms with Gasteiger partial charge in [0.2, 0.25) is 15.9 Å². The number of carbonyl (C=O) groups excluding carboxylic acids is 1. The van der Waals surface area contributed by atoms with Crippen molar-refractivity contribution in [3.05, 3.63) is 36.0 Å². The van der Waals surface area contributed by atoms with Crippen molar-refractivity contribution in [3.8, 4) is 0 Å². The van der Waals surface area contributed by atoms with Gasteiger partial charge in [-0.2, -0.15) is 4.72 Å². The van der Waals surface area contributed by atoms with Crippen LogP contribution in [0.5, 0.6) is 0 Å². The number of primary amides is 1. The van der Waals surface area contributed by atoms with Gasteiger partial charge in [0.05, 0.1) is 17.0 Å². The predicted octanol–water partition coefficient (Wildman–Crippen LogP) is 0.712. The number of hydrogen-bond donors (Lipinski definition) is 2. The minimum atomic E-state index is -4.00. The molecule has 1 aromatic carbocycles. The van der Waals surface area contributed by atoms with Crippen LogP contribution in [0, 0.1) is 6.92 Å². The van der Waals surface area contributed by atoms with Crippen LogP contribution in [0.1, 0.15) is 12.5 Å². The van der Waals surface area contributed by atoms with Gasteiger partial charge < -0.3 is 10.5 Å². The number of pyridine rings is 1. The van der Waals surface area contributed by atoms with Gasteiger partial charge in [0.1, 0.15) is 5.54 Å². The first kappa shape index (κ1) is 17.3. The van der Waals surface area contributed by atoms with Crippen LogP contribution in [0.25, 0.3) is 10.9 Å². The lowest BCUT2D eigenvalue weighted by atomic mass is 10.1. The molecule has 0 aliphatic heterocycles. The van der Waals surface area contributed by atoms with E-state index in [4.69, 9.17) is 10.5 Å². The van der Waals surface area contributed by atoms with Crippen molar-refractivity contribution in [2.75, 3.05) is 13.7 Å². The molecule has 0 bridgehead atoms. The van der Waals surface area contributed by atoms with E-state index in [9.17, 15) is 13.2 Å². The maximum Gasteiger partial charge on any atom is 0.242 e. The Balaban J connectivity index is 2.57. The number of amides is 1. The largest absolute Gasteiger partial charge is 0.382 e. The number of nitrogens with one attached hydrogen (secondary N) is 1. The van der Waals surface area contributed by atoms with E-state index in [-0.39, 0.29) is 11.5 Å². The number of nitrogens with two attached hydrogens (primary N) is 1. The summed E-state index contributed by atoms with van der Waals surface area (Å²) in [6.07, 6.45) is 1.59. The molecule has 1 amide bonds. The Bertz CT molecular complexity index is 851. The first-order valence-electron chi connectivity index (χ1n) is 6.88. The Labute approximate surface area is 134 Å². The number of ether oxygens (including phenoxy) is 1. The normalized spacial score (nSPS) is 14.6. The van der Waals surface area contributed by atoms with Crippen molar-refractivity contribution >= 4 is 26.8 Å². The van der Waals surface area contributed by atoms with Gasteiger partial charge in [0.15, 0.2) is 0 Å². The molecule has 7 nitrogen and oxygen atoms in total. The van der Waals surface area contributed by atoms with Crippen molar-refractivity contribution in [1.82, 2.24) is 9.71 Å². The first-order valence-corrected chi connectivity index (χ1v) is 8.37. The molecule has 0 aliphatic rings. The predicted molar refractivity (Wildman–Crippen MR) is 86.3 cm³/mol. The van der Waals surface area contributed by atoms with Crippen molar-refractivity contribution in [3.63, 3.8) is 0 Å². The van der Waals surface area contributed by atoms with E-state index in [0.29, 0.717) is 10.9 Å². The van der Waals surface area contributed by atoms with Crippen molar-refractivity contribution in [1.29, 1.82) is 0 Å². The molecule has 8 heteroatoms. The second-order valence-corrected chi connectivity index (χ2v) is 7.17. The number of sulfonamides is 1. The van der Waals surface area contributed by atoms with E-state index in [0.717, 1.165) is 5.56 Å². The molecule has 3 N–H and O–H groups in total. The summed E-state index contributed by atoms with van der Waals surface area (Å²) in [4.78, 5) is 15.9. The molecule has 0 spiro atoms. The second kappa shape index (κ2) is 6.23. The number of aryl methyl sites for hydroxylation is 1. The summed E-state index contributed by atoms with van der Waals surface area (Å²) in [7, 11) is -2.64. The third kappa shape index (κ3) is 3.34. The Morgan fingerprint density at radius 2 is 2.09 bits per heavy atom. The van der Waals surface area contributed by atoms with Crippen LogP contribution < -0.4 is 10.5 Å². The van der Waals surface area contributed by atoms with E-state index >= 15 is 0 Å². The Kier molecular flexibility index (Phi) is 4.69. The summed E-state index contributed by atoms with van der Waals surface area (Å²) in [6.45, 7) is 3.05. The third-order valence-corrected chi connectivity index (χ3v) is 5.21. The molecule has 0 aliphatic carbocycles. The lowest BCUT2D eigenvalue weighted by molar-refractivity contribution is -0.124. The number of carbonyl (C=O) groups is 1. The second-order valence-electron chi connectivity index (χ2n) is 5.52. The summed E-state index contributed by atoms with van der Waals surface area (Å²) < 4.78 is 32.8. The smallest absolute Gasteiger partial charge is 0.242 e. The quantitative estimate of drug-likeness (QED) is 0.806. The van der Waals surface area contributed by atoms with Crippen LogP contribution >= 0.6 is 0 Å². The lowest BCUT2D eigenvalue weighted by Gasteiger charge is -2.26. The number of fused-ring (bicyclic) bond motifs is 1. The molecule has 1 atom stereocenters. The molecule has 0 fully saturated rings. The van der Waals surface area contributed by atoms with Gasteiger partial charge in [-0.05, 0) is 37.6 Å². The van der Waals surface area contributed by atoms with Gasteiger partial charge in [-0.1, -0.05) is 6.07 Å². The fourth-order valence-corrected chi connectivity index (χ4v) is 3.88. The fourth-order valence-electron chi connectivity index (χ4n) is 2.31. The molecular formula is C15H19N3O4S. The standard InChI is InChI=1S/C15H19N3O4S/c1-10-6-7-12(11-5-4-8-17-13(10)11)23(20,21)18-15(2,9-22-3)14(16)19/h4-8,18H,9H2,1-3H3,(H2,16,19)/t15-/m1/s1. The highest BCUT2D eigenvalue weighted by molar-refractivity contribution is 7.89. The van der Waals surface area contributed by atoms with Crippen LogP contribution in [0.2, 0.25) is 0 Å². The minimum Gasteiger partial charge on any atom is -0.382 e. The van der Waals surface area contributed by atoms with E-state index in [2.05, 4.69) is 9.71 Å². The Morgan fingerprint density at radius 3 is 2.70 bits per heavy atom. The summed E-state index contributed by atoms with van der Waals surface area (Å²) in [6, 6.07) is 6.47. The Morgan fingerprint density at radius 1 is 1.39 bits per heavy atom. The first-order chi connectivity index (χ1) is 10.7. The zero-order chi connectivity index (χ0) is 17.3. The van der Waals surface area contributed by atoms with Crippen LogP contribution in [-0.2, 0) is 19.6 Å². The molecule has 2 rings (SSSR count). The Hall–Kier alpha value is -2.03. The molecule has 1 heterocycles. The highest BCUT2D eigenvalue weighted by Gasteiger charge is 2.37. The van der Waals surface area contributed by atoms with Gasteiger partial charge >= 0.3 is 0 Å². The van der Waals surface area contributed by atoms with Gasteiger partial charge in [0, 0.05) is 18.7 Å². The highest BCUT2D eigenvalue weighted by atomic mass is 32.2. The summed E-state index contributed by atoms with van der Waals surface area (Å²) >= 11 is 0. The fraction of sp³-hybridized carbons (Fsp3) is 0.333. The molecule has 1 aromatic heterocycles. The van der Waals surface area contributed by atoms with Crippen LogP contribution in [0.4, 0.5) is 0 Å². The zero-order valence-corrected chi connectivity index (χ0v) is 14.0. The third-order valence-electron chi connectivity index (χ3n) is 3.56. The zero-order valence-electron chi connectivity index (χ0n) is 13.2. The maximum absolute atomic E-state index is 12.8. The van der Waals surface area contributed by atoms with E-state index in [1.807, 2.05) is 6.92 Å². The van der Waals surface area contributed by atoms with Crippen LogP contribution in [-0.4, -0.2) is 38.6 Å². The number of rotatable bonds is 6. The average Bonchev–Trinajstić information content (AvgIpc) is 2.47.